The SMILES string of the molecule is OC[C@@H](Cc1ccccc1)NCc1c(F)ccc(C2OCCO2)c1Cl. The Morgan fingerprint density at radius 3 is 2.56 bits per heavy atom. The topological polar surface area (TPSA) is 50.7 Å². The summed E-state index contributed by atoms with van der Waals surface area (Å²) < 4.78 is 25.1. The number of hydrogen-bond donors (Lipinski definition) is 2. The number of ether oxygens (including phenoxy) is 2. The van der Waals surface area contributed by atoms with Crippen molar-refractivity contribution in [3.63, 3.8) is 0 Å². The maximum atomic E-state index is 14.2. The van der Waals surface area contributed by atoms with Crippen LogP contribution in [-0.4, -0.2) is 31.0 Å². The van der Waals surface area contributed by atoms with E-state index in [9.17, 15) is 9.50 Å². The lowest BCUT2D eigenvalue weighted by molar-refractivity contribution is -0.0441. The van der Waals surface area contributed by atoms with Gasteiger partial charge in [0.1, 0.15) is 5.82 Å². The van der Waals surface area contributed by atoms with Gasteiger partial charge in [-0.25, -0.2) is 4.39 Å². The zero-order chi connectivity index (χ0) is 17.6. The van der Waals surface area contributed by atoms with Gasteiger partial charge in [-0.3, -0.25) is 0 Å². The Balaban J connectivity index is 1.70. The summed E-state index contributed by atoms with van der Waals surface area (Å²) in [7, 11) is 0. The van der Waals surface area contributed by atoms with Gasteiger partial charge in [-0.1, -0.05) is 41.9 Å². The highest BCUT2D eigenvalue weighted by atomic mass is 35.5. The lowest BCUT2D eigenvalue weighted by Gasteiger charge is -2.19. The molecular formula is C19H21ClFNO3. The van der Waals surface area contributed by atoms with Crippen molar-refractivity contribution >= 4 is 11.6 Å². The molecule has 6 heteroatoms. The van der Waals surface area contributed by atoms with Crippen LogP contribution < -0.4 is 5.32 Å². The number of aliphatic hydroxyl groups is 1. The van der Waals surface area contributed by atoms with Crippen molar-refractivity contribution in [1.82, 2.24) is 5.32 Å². The van der Waals surface area contributed by atoms with Crippen molar-refractivity contribution in [2.45, 2.75) is 25.3 Å². The van der Waals surface area contributed by atoms with E-state index in [0.29, 0.717) is 35.8 Å². The molecule has 1 atom stereocenters. The Morgan fingerprint density at radius 2 is 1.88 bits per heavy atom. The molecule has 0 aromatic heterocycles. The third-order valence-electron chi connectivity index (χ3n) is 4.20. The molecule has 1 heterocycles. The van der Waals surface area contributed by atoms with Crippen LogP contribution in [0.3, 0.4) is 0 Å². The van der Waals surface area contributed by atoms with E-state index in [1.165, 1.54) is 6.07 Å². The van der Waals surface area contributed by atoms with Crippen LogP contribution in [0.1, 0.15) is 23.0 Å². The van der Waals surface area contributed by atoms with E-state index in [1.54, 1.807) is 6.07 Å². The first-order chi connectivity index (χ1) is 12.2. The van der Waals surface area contributed by atoms with Crippen LogP contribution in [0.15, 0.2) is 42.5 Å². The normalized spacial score (nSPS) is 16.3. The molecular weight excluding hydrogens is 345 g/mol. The first kappa shape index (κ1) is 18.3. The largest absolute Gasteiger partial charge is 0.395 e. The van der Waals surface area contributed by atoms with Crippen LogP contribution in [-0.2, 0) is 22.4 Å². The Labute approximate surface area is 151 Å². The molecule has 3 rings (SSSR count). The van der Waals surface area contributed by atoms with Crippen LogP contribution in [0.2, 0.25) is 5.02 Å². The molecule has 0 spiro atoms. The van der Waals surface area contributed by atoms with Crippen LogP contribution in [0.4, 0.5) is 4.39 Å². The summed E-state index contributed by atoms with van der Waals surface area (Å²) >= 11 is 6.38. The molecule has 25 heavy (non-hydrogen) atoms. The summed E-state index contributed by atoms with van der Waals surface area (Å²) in [6.07, 6.45) is 0.0929. The van der Waals surface area contributed by atoms with Crippen LogP contribution >= 0.6 is 11.6 Å². The van der Waals surface area contributed by atoms with Gasteiger partial charge in [0.15, 0.2) is 6.29 Å². The van der Waals surface area contributed by atoms with E-state index >= 15 is 0 Å². The van der Waals surface area contributed by atoms with Gasteiger partial charge in [0.2, 0.25) is 0 Å². The van der Waals surface area contributed by atoms with Crippen molar-refractivity contribution in [3.8, 4) is 0 Å². The van der Waals surface area contributed by atoms with Gasteiger partial charge < -0.3 is 19.9 Å². The van der Waals surface area contributed by atoms with Gasteiger partial charge in [0, 0.05) is 23.7 Å². The third kappa shape index (κ3) is 4.57. The van der Waals surface area contributed by atoms with Crippen molar-refractivity contribution in [3.05, 3.63) is 70.0 Å². The fourth-order valence-corrected chi connectivity index (χ4v) is 3.15. The number of benzene rings is 2. The quantitative estimate of drug-likeness (QED) is 0.791. The van der Waals surface area contributed by atoms with Crippen LogP contribution in [0.5, 0.6) is 0 Å². The maximum Gasteiger partial charge on any atom is 0.185 e. The zero-order valence-electron chi connectivity index (χ0n) is 13.8. The van der Waals surface area contributed by atoms with Gasteiger partial charge in [-0.15, -0.1) is 0 Å². The second-order valence-corrected chi connectivity index (χ2v) is 6.33. The van der Waals surface area contributed by atoms with E-state index in [-0.39, 0.29) is 19.2 Å². The molecule has 1 fully saturated rings. The third-order valence-corrected chi connectivity index (χ3v) is 4.65. The second-order valence-electron chi connectivity index (χ2n) is 5.95. The van der Waals surface area contributed by atoms with E-state index in [4.69, 9.17) is 21.1 Å². The van der Waals surface area contributed by atoms with Gasteiger partial charge in [0.25, 0.3) is 0 Å². The molecule has 1 aliphatic rings. The second kappa shape index (κ2) is 8.74. The first-order valence-corrected chi connectivity index (χ1v) is 8.65. The smallest absolute Gasteiger partial charge is 0.185 e. The van der Waals surface area contributed by atoms with Crippen LogP contribution in [0, 0.1) is 5.82 Å². The molecule has 1 saturated heterocycles. The molecule has 134 valence electrons. The Kier molecular flexibility index (Phi) is 6.39. The lowest BCUT2D eigenvalue weighted by atomic mass is 10.1. The molecule has 4 nitrogen and oxygen atoms in total. The van der Waals surface area contributed by atoms with Crippen molar-refractivity contribution in [2.24, 2.45) is 0 Å². The average Bonchev–Trinajstić information content (AvgIpc) is 3.15. The van der Waals surface area contributed by atoms with Gasteiger partial charge in [-0.2, -0.15) is 0 Å². The fraction of sp³-hybridized carbons (Fsp3) is 0.368. The predicted octanol–water partition coefficient (Wildman–Crippen LogP) is 3.22. The minimum Gasteiger partial charge on any atom is -0.395 e. The number of nitrogens with one attached hydrogen (secondary N) is 1. The molecule has 0 aliphatic carbocycles. The van der Waals surface area contributed by atoms with Gasteiger partial charge >= 0.3 is 0 Å². The number of hydrogen-bond acceptors (Lipinski definition) is 4. The van der Waals surface area contributed by atoms with E-state index in [1.807, 2.05) is 30.3 Å². The Morgan fingerprint density at radius 1 is 1.16 bits per heavy atom. The summed E-state index contributed by atoms with van der Waals surface area (Å²) in [5.41, 5.74) is 2.08. The summed E-state index contributed by atoms with van der Waals surface area (Å²) in [5, 5.41) is 13.1. The number of rotatable bonds is 7. The summed E-state index contributed by atoms with van der Waals surface area (Å²) in [5.74, 6) is -0.393. The maximum absolute atomic E-state index is 14.2. The van der Waals surface area contributed by atoms with Gasteiger partial charge in [0.05, 0.1) is 24.8 Å². The van der Waals surface area contributed by atoms with Crippen LogP contribution in [0.25, 0.3) is 0 Å². The highest BCUT2D eigenvalue weighted by Gasteiger charge is 2.24. The molecule has 0 saturated carbocycles. The fourth-order valence-electron chi connectivity index (χ4n) is 2.84. The minimum absolute atomic E-state index is 0.0529. The predicted molar refractivity (Wildman–Crippen MR) is 93.9 cm³/mol. The van der Waals surface area contributed by atoms with E-state index in [2.05, 4.69) is 5.32 Å². The van der Waals surface area contributed by atoms with Crippen molar-refractivity contribution in [1.29, 1.82) is 0 Å². The summed E-state index contributed by atoms with van der Waals surface area (Å²) in [6, 6.07) is 12.6. The molecule has 2 N–H and O–H groups in total. The van der Waals surface area contributed by atoms with Crippen molar-refractivity contribution in [2.75, 3.05) is 19.8 Å². The molecule has 2 aromatic carbocycles. The summed E-state index contributed by atoms with van der Waals surface area (Å²) in [6.45, 7) is 1.15. The highest BCUT2D eigenvalue weighted by molar-refractivity contribution is 6.32. The van der Waals surface area contributed by atoms with Crippen molar-refractivity contribution < 1.29 is 19.0 Å². The number of aliphatic hydroxyl groups excluding tert-OH is 1. The standard InChI is InChI=1S/C19H21ClFNO3/c20-18-15(19-24-8-9-25-19)6-7-17(21)16(18)11-22-14(12-23)10-13-4-2-1-3-5-13/h1-7,14,19,22-23H,8-12H2/t14-/m1/s1. The average molecular weight is 366 g/mol. The molecule has 0 amide bonds. The monoisotopic (exact) mass is 365 g/mol. The van der Waals surface area contributed by atoms with Gasteiger partial charge in [-0.05, 0) is 24.1 Å². The Hall–Kier alpha value is -1.50. The first-order valence-electron chi connectivity index (χ1n) is 8.27. The molecule has 2 aromatic rings. The minimum atomic E-state index is -0.551. The number of halogens is 2. The molecule has 1 aliphatic heterocycles. The summed E-state index contributed by atoms with van der Waals surface area (Å²) in [4.78, 5) is 0. The highest BCUT2D eigenvalue weighted by Crippen LogP contribution is 2.33. The van der Waals surface area contributed by atoms with E-state index < -0.39 is 12.1 Å². The van der Waals surface area contributed by atoms with E-state index in [0.717, 1.165) is 5.56 Å². The molecule has 0 bridgehead atoms. The Bertz CT molecular complexity index is 693. The molecule has 0 unspecified atom stereocenters. The molecule has 0 radical (unpaired) electrons. The lowest BCUT2D eigenvalue weighted by Crippen LogP contribution is -2.34. The zero-order valence-corrected chi connectivity index (χ0v) is 14.5.